The number of pyridine rings is 1. The summed E-state index contributed by atoms with van der Waals surface area (Å²) in [7, 11) is 0. The Hall–Kier alpha value is -3.72. The molecule has 0 unspecified atom stereocenters. The number of carbonyl (C=O) groups is 2. The zero-order valence-corrected chi connectivity index (χ0v) is 20.1. The highest BCUT2D eigenvalue weighted by Crippen LogP contribution is 2.27. The average molecular weight is 492 g/mol. The number of fused-ring (bicyclic) bond motifs is 1. The average Bonchev–Trinajstić information content (AvgIpc) is 3.37. The Balaban J connectivity index is 1.13. The van der Waals surface area contributed by atoms with Gasteiger partial charge < -0.3 is 24.7 Å². The van der Waals surface area contributed by atoms with Gasteiger partial charge >= 0.3 is 6.03 Å². The molecular weight excluding hydrogens is 461 g/mol. The van der Waals surface area contributed by atoms with Crippen LogP contribution in [0.3, 0.4) is 0 Å². The number of ether oxygens (including phenoxy) is 1. The number of carbonyl (C=O) groups excluding carboxylic acids is 2. The Morgan fingerprint density at radius 3 is 2.78 bits per heavy atom. The summed E-state index contributed by atoms with van der Waals surface area (Å²) in [4.78, 5) is 31.1. The van der Waals surface area contributed by atoms with Gasteiger partial charge in [0.25, 0.3) is 0 Å². The van der Waals surface area contributed by atoms with Gasteiger partial charge in [-0.2, -0.15) is 0 Å². The van der Waals surface area contributed by atoms with Crippen molar-refractivity contribution in [2.24, 2.45) is 5.92 Å². The van der Waals surface area contributed by atoms with Gasteiger partial charge in [-0.05, 0) is 66.1 Å². The fourth-order valence-corrected chi connectivity index (χ4v) is 4.71. The van der Waals surface area contributed by atoms with Crippen LogP contribution in [-0.2, 0) is 16.1 Å². The van der Waals surface area contributed by atoms with Crippen molar-refractivity contribution in [1.29, 1.82) is 0 Å². The molecule has 0 saturated carbocycles. The largest absolute Gasteiger partial charge is 0.381 e. The third-order valence-electron chi connectivity index (χ3n) is 6.87. The first-order chi connectivity index (χ1) is 17.5. The number of hydrogen-bond donors (Lipinski definition) is 2. The number of nitrogens with zero attached hydrogens (tertiary/aromatic N) is 3. The molecule has 2 aliphatic heterocycles. The van der Waals surface area contributed by atoms with E-state index in [4.69, 9.17) is 4.74 Å². The molecule has 2 aliphatic rings. The van der Waals surface area contributed by atoms with Crippen molar-refractivity contribution >= 4 is 28.8 Å². The van der Waals surface area contributed by atoms with Crippen molar-refractivity contribution in [3.63, 3.8) is 0 Å². The molecule has 2 N–H and O–H groups in total. The molecule has 2 aromatic heterocycles. The molecule has 0 bridgehead atoms. The van der Waals surface area contributed by atoms with Crippen molar-refractivity contribution in [3.05, 3.63) is 71.9 Å². The topological polar surface area (TPSA) is 88.0 Å². The second kappa shape index (κ2) is 10.9. The minimum absolute atomic E-state index is 0.115. The van der Waals surface area contributed by atoms with Crippen LogP contribution in [0.4, 0.5) is 14.9 Å². The van der Waals surface area contributed by atoms with Crippen LogP contribution in [0, 0.1) is 11.7 Å². The Bertz CT molecular complexity index is 1280. The highest BCUT2D eigenvalue weighted by molar-refractivity contribution is 5.89. The Kier molecular flexibility index (Phi) is 7.27. The maximum atomic E-state index is 14.8. The summed E-state index contributed by atoms with van der Waals surface area (Å²) >= 11 is 0. The zero-order valence-electron chi connectivity index (χ0n) is 20.1. The van der Waals surface area contributed by atoms with Gasteiger partial charge in [0.1, 0.15) is 11.5 Å². The summed E-state index contributed by atoms with van der Waals surface area (Å²) in [5, 5.41) is 5.32. The molecule has 0 atom stereocenters. The molecule has 0 aliphatic carbocycles. The van der Waals surface area contributed by atoms with Gasteiger partial charge in [0.2, 0.25) is 5.91 Å². The monoisotopic (exact) mass is 491 g/mol. The second-order valence-electron chi connectivity index (χ2n) is 9.31. The molecule has 4 heterocycles. The SMILES string of the molecule is O=C(NCc1ccn2ccnc2c1)Nc1ccc(C2=CCN(C(=O)CC3CCOCC3)CC2)cc1F. The van der Waals surface area contributed by atoms with Gasteiger partial charge in [0.15, 0.2) is 0 Å². The van der Waals surface area contributed by atoms with Gasteiger partial charge in [-0.25, -0.2) is 14.2 Å². The molecule has 8 nitrogen and oxygen atoms in total. The summed E-state index contributed by atoms with van der Waals surface area (Å²) in [5.41, 5.74) is 3.58. The van der Waals surface area contributed by atoms with Crippen LogP contribution in [0.25, 0.3) is 11.2 Å². The number of halogens is 1. The molecule has 0 radical (unpaired) electrons. The van der Waals surface area contributed by atoms with Gasteiger partial charge in [-0.1, -0.05) is 12.1 Å². The normalized spacial score (nSPS) is 16.6. The summed E-state index contributed by atoms with van der Waals surface area (Å²) < 4.78 is 22.0. The number of urea groups is 1. The number of anilines is 1. The number of nitrogens with one attached hydrogen (secondary N) is 2. The quantitative estimate of drug-likeness (QED) is 0.540. The fraction of sp³-hybridized carbons (Fsp3) is 0.370. The van der Waals surface area contributed by atoms with Gasteiger partial charge in [0, 0.05) is 57.9 Å². The van der Waals surface area contributed by atoms with Crippen molar-refractivity contribution in [2.75, 3.05) is 31.6 Å². The predicted octanol–water partition coefficient (Wildman–Crippen LogP) is 4.23. The Morgan fingerprint density at radius 2 is 2.00 bits per heavy atom. The van der Waals surface area contributed by atoms with Crippen molar-refractivity contribution in [3.8, 4) is 0 Å². The third kappa shape index (κ3) is 5.73. The van der Waals surface area contributed by atoms with Crippen LogP contribution in [0.15, 0.2) is 55.0 Å². The van der Waals surface area contributed by atoms with Crippen LogP contribution in [0.1, 0.15) is 36.8 Å². The van der Waals surface area contributed by atoms with Crippen LogP contribution in [0.5, 0.6) is 0 Å². The van der Waals surface area contributed by atoms with Crippen LogP contribution in [0.2, 0.25) is 0 Å². The van der Waals surface area contributed by atoms with E-state index in [-0.39, 0.29) is 11.6 Å². The predicted molar refractivity (Wildman–Crippen MR) is 135 cm³/mol. The lowest BCUT2D eigenvalue weighted by Crippen LogP contribution is -2.36. The summed E-state index contributed by atoms with van der Waals surface area (Å²) in [6, 6.07) is 8.10. The summed E-state index contributed by atoms with van der Waals surface area (Å²) in [6.45, 7) is 2.94. The van der Waals surface area contributed by atoms with E-state index in [0.717, 1.165) is 48.4 Å². The maximum Gasteiger partial charge on any atom is 0.319 e. The molecule has 9 heteroatoms. The van der Waals surface area contributed by atoms with E-state index in [2.05, 4.69) is 15.6 Å². The second-order valence-corrected chi connectivity index (χ2v) is 9.31. The number of hydrogen-bond acceptors (Lipinski definition) is 4. The summed E-state index contributed by atoms with van der Waals surface area (Å²) in [6.07, 6.45) is 10.6. The molecule has 3 aromatic rings. The van der Waals surface area contributed by atoms with Gasteiger partial charge in [-0.3, -0.25) is 4.79 Å². The van der Waals surface area contributed by atoms with E-state index in [1.54, 1.807) is 18.3 Å². The van der Waals surface area contributed by atoms with Gasteiger partial charge in [-0.15, -0.1) is 0 Å². The zero-order chi connectivity index (χ0) is 24.9. The highest BCUT2D eigenvalue weighted by Gasteiger charge is 2.23. The van der Waals surface area contributed by atoms with E-state index < -0.39 is 11.8 Å². The van der Waals surface area contributed by atoms with Crippen molar-refractivity contribution in [1.82, 2.24) is 19.6 Å². The Morgan fingerprint density at radius 1 is 1.14 bits per heavy atom. The standard InChI is InChI=1S/C27H30FN5O3/c28-23-17-22(21-4-10-33(11-5-21)26(34)16-19-6-13-36-14-7-19)1-2-24(23)31-27(35)30-18-20-3-9-32-12-8-29-25(32)15-20/h1-4,8-9,12,15,17,19H,5-7,10-11,13-14,16,18H2,(H2,30,31,35). The van der Waals surface area contributed by atoms with Crippen molar-refractivity contribution in [2.45, 2.75) is 32.2 Å². The molecule has 1 fully saturated rings. The highest BCUT2D eigenvalue weighted by atomic mass is 19.1. The van der Waals surface area contributed by atoms with Crippen molar-refractivity contribution < 1.29 is 18.7 Å². The number of imidazole rings is 1. The molecule has 5 rings (SSSR count). The lowest BCUT2D eigenvalue weighted by molar-refractivity contribution is -0.132. The molecule has 188 valence electrons. The Labute approximate surface area is 209 Å². The number of benzene rings is 1. The lowest BCUT2D eigenvalue weighted by atomic mass is 9.94. The number of amides is 3. The first kappa shape index (κ1) is 24.0. The smallest absolute Gasteiger partial charge is 0.319 e. The number of aromatic nitrogens is 2. The van der Waals surface area contributed by atoms with Crippen LogP contribution >= 0.6 is 0 Å². The van der Waals surface area contributed by atoms with Crippen LogP contribution < -0.4 is 10.6 Å². The van der Waals surface area contributed by atoms with E-state index in [1.165, 1.54) is 6.07 Å². The fourth-order valence-electron chi connectivity index (χ4n) is 4.71. The lowest BCUT2D eigenvalue weighted by Gasteiger charge is -2.29. The maximum absolute atomic E-state index is 14.8. The van der Waals surface area contributed by atoms with Gasteiger partial charge in [0.05, 0.1) is 5.69 Å². The first-order valence-corrected chi connectivity index (χ1v) is 12.4. The number of rotatable bonds is 6. The van der Waals surface area contributed by atoms with E-state index in [9.17, 15) is 14.0 Å². The van der Waals surface area contributed by atoms with Crippen LogP contribution in [-0.4, -0.2) is 52.5 Å². The molecule has 3 amide bonds. The molecular formula is C27H30FN5O3. The minimum Gasteiger partial charge on any atom is -0.381 e. The third-order valence-corrected chi connectivity index (χ3v) is 6.87. The van der Waals surface area contributed by atoms with E-state index in [0.29, 0.717) is 38.4 Å². The molecule has 0 spiro atoms. The minimum atomic E-state index is -0.500. The molecule has 1 aromatic carbocycles. The molecule has 1 saturated heterocycles. The first-order valence-electron chi connectivity index (χ1n) is 12.4. The summed E-state index contributed by atoms with van der Waals surface area (Å²) in [5.74, 6) is 0.0854. The van der Waals surface area contributed by atoms with E-state index in [1.807, 2.05) is 39.9 Å². The van der Waals surface area contributed by atoms with E-state index >= 15 is 0 Å². The molecule has 36 heavy (non-hydrogen) atoms.